The van der Waals surface area contributed by atoms with Crippen molar-refractivity contribution in [3.8, 4) is 0 Å². The van der Waals surface area contributed by atoms with Gasteiger partial charge in [-0.15, -0.1) is 0 Å². The fraction of sp³-hybridized carbons (Fsp3) is 1.00. The maximum Gasteiger partial charge on any atom is 0.0331 e. The summed E-state index contributed by atoms with van der Waals surface area (Å²) >= 11 is 0. The number of hydrogen-bond acceptors (Lipinski definition) is 2. The third-order valence-corrected chi connectivity index (χ3v) is 6.59. The maximum absolute atomic E-state index is 6.27. The van der Waals surface area contributed by atoms with Gasteiger partial charge in [0, 0.05) is 12.1 Å². The molecular weight excluding hydrogens is 244 g/mol. The van der Waals surface area contributed by atoms with E-state index >= 15 is 0 Å². The van der Waals surface area contributed by atoms with E-state index in [0.29, 0.717) is 11.0 Å². The summed E-state index contributed by atoms with van der Waals surface area (Å²) in [7, 11) is 0. The molecule has 1 aliphatic heterocycles. The first kappa shape index (κ1) is 16.3. The van der Waals surface area contributed by atoms with Crippen LogP contribution in [-0.4, -0.2) is 30.1 Å². The Morgan fingerprint density at radius 3 is 2.05 bits per heavy atom. The summed E-state index contributed by atoms with van der Waals surface area (Å²) in [6.07, 6.45) is 12.3. The van der Waals surface area contributed by atoms with E-state index in [1.807, 2.05) is 0 Å². The molecule has 0 aromatic rings. The lowest BCUT2D eigenvalue weighted by molar-refractivity contribution is 0.0183. The summed E-state index contributed by atoms with van der Waals surface area (Å²) in [4.78, 5) is 2.77. The molecule has 0 aromatic heterocycles. The summed E-state index contributed by atoms with van der Waals surface area (Å²) in [5.74, 6) is 0.902. The van der Waals surface area contributed by atoms with E-state index in [0.717, 1.165) is 12.5 Å². The molecule has 20 heavy (non-hydrogen) atoms. The fourth-order valence-corrected chi connectivity index (χ4v) is 4.42. The molecule has 2 N–H and O–H groups in total. The van der Waals surface area contributed by atoms with E-state index in [4.69, 9.17) is 5.73 Å². The molecule has 0 aromatic carbocycles. The van der Waals surface area contributed by atoms with Crippen LogP contribution in [0, 0.1) is 11.3 Å². The van der Waals surface area contributed by atoms with Gasteiger partial charge in [-0.3, -0.25) is 4.90 Å². The second-order valence-corrected chi connectivity index (χ2v) is 7.95. The highest BCUT2D eigenvalue weighted by atomic mass is 15.2. The third-order valence-electron chi connectivity index (χ3n) is 6.59. The molecule has 2 rings (SSSR count). The Hall–Kier alpha value is -0.0800. The molecule has 0 unspecified atom stereocenters. The van der Waals surface area contributed by atoms with Crippen LogP contribution < -0.4 is 5.73 Å². The highest BCUT2D eigenvalue weighted by Gasteiger charge is 2.42. The first-order valence-electron chi connectivity index (χ1n) is 8.99. The molecular formula is C18H36N2. The van der Waals surface area contributed by atoms with Crippen molar-refractivity contribution < 1.29 is 0 Å². The monoisotopic (exact) mass is 280 g/mol. The lowest BCUT2D eigenvalue weighted by Crippen LogP contribution is -2.56. The van der Waals surface area contributed by atoms with Crippen LogP contribution in [-0.2, 0) is 0 Å². The van der Waals surface area contributed by atoms with E-state index < -0.39 is 0 Å². The van der Waals surface area contributed by atoms with Crippen molar-refractivity contribution in [3.05, 3.63) is 0 Å². The Morgan fingerprint density at radius 2 is 1.60 bits per heavy atom. The first-order valence-corrected chi connectivity index (χ1v) is 8.99. The Bertz CT molecular complexity index is 282. The highest BCUT2D eigenvalue weighted by molar-refractivity contribution is 4.98. The second-order valence-electron chi connectivity index (χ2n) is 7.95. The second kappa shape index (κ2) is 6.79. The number of nitrogens with two attached hydrogens (primary N) is 1. The standard InChI is InChI=1S/C18H36N2/c1-4-17(2,3)16-9-11-18(15-19,12-10-16)20-13-7-5-6-8-14-20/h16H,4-15,19H2,1-3H3. The first-order chi connectivity index (χ1) is 9.54. The number of rotatable bonds is 4. The van der Waals surface area contributed by atoms with Gasteiger partial charge in [0.15, 0.2) is 0 Å². The minimum absolute atomic E-state index is 0.338. The van der Waals surface area contributed by atoms with Gasteiger partial charge in [-0.05, 0) is 62.9 Å². The van der Waals surface area contributed by atoms with Gasteiger partial charge in [0.25, 0.3) is 0 Å². The van der Waals surface area contributed by atoms with E-state index in [1.165, 1.54) is 70.9 Å². The van der Waals surface area contributed by atoms with Gasteiger partial charge in [0.1, 0.15) is 0 Å². The summed E-state index contributed by atoms with van der Waals surface area (Å²) in [5, 5.41) is 0. The molecule has 2 fully saturated rings. The molecule has 1 saturated heterocycles. The third kappa shape index (κ3) is 3.39. The molecule has 0 bridgehead atoms. The molecule has 1 heterocycles. The molecule has 2 heteroatoms. The quantitative estimate of drug-likeness (QED) is 0.837. The van der Waals surface area contributed by atoms with Crippen LogP contribution in [0.4, 0.5) is 0 Å². The number of likely N-dealkylation sites (tertiary alicyclic amines) is 1. The van der Waals surface area contributed by atoms with Crippen LogP contribution >= 0.6 is 0 Å². The Morgan fingerprint density at radius 1 is 1.05 bits per heavy atom. The Kier molecular flexibility index (Phi) is 5.53. The van der Waals surface area contributed by atoms with Crippen LogP contribution in [0.15, 0.2) is 0 Å². The highest BCUT2D eigenvalue weighted by Crippen LogP contribution is 2.45. The van der Waals surface area contributed by atoms with Gasteiger partial charge in [-0.2, -0.15) is 0 Å². The summed E-state index contributed by atoms with van der Waals surface area (Å²) in [5.41, 5.74) is 7.12. The molecule has 0 amide bonds. The topological polar surface area (TPSA) is 29.3 Å². The van der Waals surface area contributed by atoms with Gasteiger partial charge in [0.2, 0.25) is 0 Å². The number of nitrogens with zero attached hydrogens (tertiary/aromatic N) is 1. The average Bonchev–Trinajstić information content (AvgIpc) is 2.77. The molecule has 118 valence electrons. The molecule has 1 aliphatic carbocycles. The van der Waals surface area contributed by atoms with Gasteiger partial charge in [0.05, 0.1) is 0 Å². The fourth-order valence-electron chi connectivity index (χ4n) is 4.42. The molecule has 0 radical (unpaired) electrons. The Labute approximate surface area is 126 Å². The van der Waals surface area contributed by atoms with Crippen LogP contribution in [0.3, 0.4) is 0 Å². The van der Waals surface area contributed by atoms with Gasteiger partial charge in [-0.1, -0.05) is 40.0 Å². The molecule has 1 saturated carbocycles. The summed E-state index contributed by atoms with van der Waals surface area (Å²) in [6.45, 7) is 10.7. The van der Waals surface area contributed by atoms with Crippen molar-refractivity contribution >= 4 is 0 Å². The van der Waals surface area contributed by atoms with Crippen molar-refractivity contribution in [2.24, 2.45) is 17.1 Å². The van der Waals surface area contributed by atoms with Crippen molar-refractivity contribution in [2.45, 2.75) is 84.1 Å². The van der Waals surface area contributed by atoms with Crippen LogP contribution in [0.1, 0.15) is 78.6 Å². The van der Waals surface area contributed by atoms with Crippen LogP contribution in [0.25, 0.3) is 0 Å². The zero-order valence-electron chi connectivity index (χ0n) is 14.1. The van der Waals surface area contributed by atoms with E-state index in [-0.39, 0.29) is 0 Å². The van der Waals surface area contributed by atoms with E-state index in [1.54, 1.807) is 0 Å². The van der Waals surface area contributed by atoms with E-state index in [2.05, 4.69) is 25.7 Å². The van der Waals surface area contributed by atoms with Crippen molar-refractivity contribution in [1.82, 2.24) is 4.90 Å². The van der Waals surface area contributed by atoms with Gasteiger partial charge in [-0.25, -0.2) is 0 Å². The normalized spacial score (nSPS) is 33.9. The van der Waals surface area contributed by atoms with Crippen LogP contribution in [0.5, 0.6) is 0 Å². The van der Waals surface area contributed by atoms with Gasteiger partial charge >= 0.3 is 0 Å². The van der Waals surface area contributed by atoms with Crippen LogP contribution in [0.2, 0.25) is 0 Å². The molecule has 2 nitrogen and oxygen atoms in total. The van der Waals surface area contributed by atoms with E-state index in [9.17, 15) is 0 Å². The predicted molar refractivity (Wildman–Crippen MR) is 87.9 cm³/mol. The Balaban J connectivity index is 2.00. The van der Waals surface area contributed by atoms with Crippen molar-refractivity contribution in [3.63, 3.8) is 0 Å². The SMILES string of the molecule is CCC(C)(C)C1CCC(CN)(N2CCCCCC2)CC1. The predicted octanol–water partition coefficient (Wildman–Crippen LogP) is 4.19. The van der Waals surface area contributed by atoms with Crippen molar-refractivity contribution in [2.75, 3.05) is 19.6 Å². The van der Waals surface area contributed by atoms with Gasteiger partial charge < -0.3 is 5.73 Å². The minimum Gasteiger partial charge on any atom is -0.329 e. The smallest absolute Gasteiger partial charge is 0.0331 e. The zero-order chi connectivity index (χ0) is 14.6. The van der Waals surface area contributed by atoms with Crippen molar-refractivity contribution in [1.29, 1.82) is 0 Å². The maximum atomic E-state index is 6.27. The summed E-state index contributed by atoms with van der Waals surface area (Å²) in [6, 6.07) is 0. The number of hydrogen-bond donors (Lipinski definition) is 1. The average molecular weight is 280 g/mol. The zero-order valence-corrected chi connectivity index (χ0v) is 14.1. The lowest BCUT2D eigenvalue weighted by Gasteiger charge is -2.50. The lowest BCUT2D eigenvalue weighted by atomic mass is 9.65. The summed E-state index contributed by atoms with van der Waals surface area (Å²) < 4.78 is 0. The minimum atomic E-state index is 0.338. The molecule has 0 atom stereocenters. The molecule has 2 aliphatic rings. The largest absolute Gasteiger partial charge is 0.329 e. The molecule has 0 spiro atoms.